The maximum Gasteiger partial charge on any atom is 0.208 e. The Morgan fingerprint density at radius 2 is 2.18 bits per heavy atom. The van der Waals surface area contributed by atoms with Gasteiger partial charge < -0.3 is 10.7 Å². The summed E-state index contributed by atoms with van der Waals surface area (Å²) in [5.74, 6) is 5.07. The molecular weight excluding hydrogens is 243 g/mol. The van der Waals surface area contributed by atoms with Crippen molar-refractivity contribution in [3.63, 3.8) is 0 Å². The van der Waals surface area contributed by atoms with Crippen molar-refractivity contribution in [2.45, 2.75) is 13.5 Å². The summed E-state index contributed by atoms with van der Waals surface area (Å²) < 4.78 is 13.7. The van der Waals surface area contributed by atoms with E-state index >= 15 is 0 Å². The van der Waals surface area contributed by atoms with Crippen LogP contribution >= 0.6 is 11.3 Å². The quantitative estimate of drug-likeness (QED) is 0.562. The number of halogens is 1. The minimum Gasteiger partial charge on any atom is -0.361 e. The van der Waals surface area contributed by atoms with Gasteiger partial charge in [-0.3, -0.25) is 0 Å². The van der Waals surface area contributed by atoms with E-state index in [1.54, 1.807) is 13.1 Å². The van der Waals surface area contributed by atoms with Crippen LogP contribution in [0.15, 0.2) is 11.6 Å². The minimum atomic E-state index is -0.602. The summed E-state index contributed by atoms with van der Waals surface area (Å²) in [4.78, 5) is 11.9. The van der Waals surface area contributed by atoms with Gasteiger partial charge in [-0.15, -0.1) is 11.3 Å². The first-order valence-corrected chi connectivity index (χ1v) is 5.71. The van der Waals surface area contributed by atoms with Gasteiger partial charge in [-0.2, -0.15) is 4.39 Å². The molecule has 6 nitrogen and oxygen atoms in total. The summed E-state index contributed by atoms with van der Waals surface area (Å²) in [5.41, 5.74) is 2.19. The highest BCUT2D eigenvalue weighted by Crippen LogP contribution is 2.18. The fraction of sp³-hybridized carbons (Fsp3) is 0.222. The topological polar surface area (TPSA) is 88.8 Å². The van der Waals surface area contributed by atoms with E-state index in [0.29, 0.717) is 12.4 Å². The molecule has 0 bridgehead atoms. The summed E-state index contributed by atoms with van der Waals surface area (Å²) in [5, 5.41) is 5.56. The Kier molecular flexibility index (Phi) is 3.45. The molecule has 0 saturated carbocycles. The number of hydrogen-bond donors (Lipinski definition) is 3. The number of nitrogens with zero attached hydrogens (tertiary/aromatic N) is 3. The average Bonchev–Trinajstić information content (AvgIpc) is 2.82. The van der Waals surface area contributed by atoms with Crippen LogP contribution in [0.5, 0.6) is 0 Å². The van der Waals surface area contributed by atoms with Gasteiger partial charge in [-0.05, 0) is 6.92 Å². The summed E-state index contributed by atoms with van der Waals surface area (Å²) in [6.07, 6.45) is 1.69. The predicted octanol–water partition coefficient (Wildman–Crippen LogP) is 1.28. The average molecular weight is 254 g/mol. The lowest BCUT2D eigenvalue weighted by molar-refractivity contribution is 0.618. The smallest absolute Gasteiger partial charge is 0.208 e. The van der Waals surface area contributed by atoms with Crippen molar-refractivity contribution in [3.05, 3.63) is 28.2 Å². The van der Waals surface area contributed by atoms with Gasteiger partial charge in [0.15, 0.2) is 11.6 Å². The lowest BCUT2D eigenvalue weighted by Crippen LogP contribution is -2.14. The number of nitrogens with two attached hydrogens (primary N) is 1. The van der Waals surface area contributed by atoms with Crippen LogP contribution in [0.2, 0.25) is 0 Å². The third-order valence-electron chi connectivity index (χ3n) is 1.99. The van der Waals surface area contributed by atoms with E-state index in [-0.39, 0.29) is 11.6 Å². The molecule has 0 aliphatic carbocycles. The third kappa shape index (κ3) is 2.66. The Hall–Kier alpha value is -1.80. The molecule has 4 N–H and O–H groups in total. The van der Waals surface area contributed by atoms with E-state index < -0.39 is 5.82 Å². The van der Waals surface area contributed by atoms with E-state index in [4.69, 9.17) is 5.84 Å². The van der Waals surface area contributed by atoms with Crippen LogP contribution in [-0.4, -0.2) is 15.0 Å². The van der Waals surface area contributed by atoms with Gasteiger partial charge in [0, 0.05) is 11.6 Å². The molecule has 0 unspecified atom stereocenters. The SMILES string of the molecule is Cc1nc(NN)c(F)c(NCc2nccs2)n1. The molecule has 0 saturated heterocycles. The van der Waals surface area contributed by atoms with Crippen molar-refractivity contribution in [2.24, 2.45) is 5.84 Å². The maximum absolute atomic E-state index is 13.7. The van der Waals surface area contributed by atoms with Crippen molar-refractivity contribution >= 4 is 23.0 Å². The molecule has 17 heavy (non-hydrogen) atoms. The fourth-order valence-electron chi connectivity index (χ4n) is 1.27. The standard InChI is InChI=1S/C9H11FN6S/c1-5-14-8(7(10)9(15-5)16-11)13-4-6-12-2-3-17-6/h2-3H,4,11H2,1H3,(H2,13,14,15,16). The Balaban J connectivity index is 2.17. The van der Waals surface area contributed by atoms with Crippen LogP contribution < -0.4 is 16.6 Å². The van der Waals surface area contributed by atoms with E-state index in [1.165, 1.54) is 11.3 Å². The zero-order valence-corrected chi connectivity index (χ0v) is 9.88. The van der Waals surface area contributed by atoms with Crippen LogP contribution in [0.25, 0.3) is 0 Å². The van der Waals surface area contributed by atoms with Crippen molar-refractivity contribution in [3.8, 4) is 0 Å². The first-order chi connectivity index (χ1) is 8.20. The number of thiazole rings is 1. The van der Waals surface area contributed by atoms with Crippen molar-refractivity contribution in [1.29, 1.82) is 0 Å². The third-order valence-corrected chi connectivity index (χ3v) is 2.77. The number of hydrogen-bond acceptors (Lipinski definition) is 7. The lowest BCUT2D eigenvalue weighted by Gasteiger charge is -2.08. The van der Waals surface area contributed by atoms with Gasteiger partial charge in [-0.25, -0.2) is 20.8 Å². The molecule has 0 spiro atoms. The summed E-state index contributed by atoms with van der Waals surface area (Å²) in [6.45, 7) is 2.07. The molecule has 0 radical (unpaired) electrons. The predicted molar refractivity (Wildman–Crippen MR) is 64.0 cm³/mol. The second kappa shape index (κ2) is 5.02. The molecule has 2 heterocycles. The number of rotatable bonds is 4. The molecule has 2 rings (SSSR count). The highest BCUT2D eigenvalue weighted by atomic mass is 32.1. The van der Waals surface area contributed by atoms with Gasteiger partial charge in [0.25, 0.3) is 0 Å². The first-order valence-electron chi connectivity index (χ1n) is 4.83. The Labute approximate surface area is 101 Å². The number of anilines is 2. The van der Waals surface area contributed by atoms with Gasteiger partial charge in [0.1, 0.15) is 10.8 Å². The van der Waals surface area contributed by atoms with Crippen LogP contribution in [-0.2, 0) is 6.54 Å². The van der Waals surface area contributed by atoms with E-state index in [2.05, 4.69) is 25.7 Å². The zero-order valence-electron chi connectivity index (χ0n) is 9.07. The monoisotopic (exact) mass is 254 g/mol. The summed E-state index contributed by atoms with van der Waals surface area (Å²) in [7, 11) is 0. The number of aromatic nitrogens is 3. The van der Waals surface area contributed by atoms with Crippen LogP contribution in [0.1, 0.15) is 10.8 Å². The maximum atomic E-state index is 13.7. The minimum absolute atomic E-state index is 0.0286. The highest BCUT2D eigenvalue weighted by molar-refractivity contribution is 7.09. The number of aryl methyl sites for hydroxylation is 1. The first kappa shape index (κ1) is 11.7. The van der Waals surface area contributed by atoms with E-state index in [9.17, 15) is 4.39 Å². The Morgan fingerprint density at radius 3 is 2.82 bits per heavy atom. The molecular formula is C9H11FN6S. The second-order valence-corrected chi connectivity index (χ2v) is 4.18. The van der Waals surface area contributed by atoms with Crippen molar-refractivity contribution in [1.82, 2.24) is 15.0 Å². The molecule has 0 aromatic carbocycles. The number of nitrogen functional groups attached to an aromatic ring is 1. The van der Waals surface area contributed by atoms with Gasteiger partial charge >= 0.3 is 0 Å². The molecule has 0 fully saturated rings. The molecule has 0 amide bonds. The molecule has 90 valence electrons. The Bertz CT molecular complexity index is 500. The van der Waals surface area contributed by atoms with Crippen LogP contribution in [0.4, 0.5) is 16.0 Å². The fourth-order valence-corrected chi connectivity index (χ4v) is 1.83. The molecule has 0 aliphatic heterocycles. The van der Waals surface area contributed by atoms with Crippen LogP contribution in [0.3, 0.4) is 0 Å². The molecule has 0 aliphatic rings. The normalized spacial score (nSPS) is 10.3. The molecule has 0 atom stereocenters. The van der Waals surface area contributed by atoms with E-state index in [1.807, 2.05) is 5.38 Å². The number of hydrazine groups is 1. The largest absolute Gasteiger partial charge is 0.361 e. The number of nitrogens with one attached hydrogen (secondary N) is 2. The van der Waals surface area contributed by atoms with Crippen molar-refractivity contribution < 1.29 is 4.39 Å². The van der Waals surface area contributed by atoms with Crippen molar-refractivity contribution in [2.75, 3.05) is 10.7 Å². The van der Waals surface area contributed by atoms with Gasteiger partial charge in [-0.1, -0.05) is 0 Å². The highest BCUT2D eigenvalue weighted by Gasteiger charge is 2.12. The lowest BCUT2D eigenvalue weighted by atomic mass is 10.4. The van der Waals surface area contributed by atoms with Gasteiger partial charge in [0.2, 0.25) is 5.82 Å². The molecule has 8 heteroatoms. The van der Waals surface area contributed by atoms with Gasteiger partial charge in [0.05, 0.1) is 6.54 Å². The molecule has 2 aromatic heterocycles. The van der Waals surface area contributed by atoms with E-state index in [0.717, 1.165) is 5.01 Å². The molecule has 2 aromatic rings. The summed E-state index contributed by atoms with van der Waals surface area (Å²) >= 11 is 1.48. The zero-order chi connectivity index (χ0) is 12.3. The second-order valence-electron chi connectivity index (χ2n) is 3.21. The summed E-state index contributed by atoms with van der Waals surface area (Å²) in [6, 6.07) is 0. The van der Waals surface area contributed by atoms with Crippen LogP contribution in [0, 0.1) is 12.7 Å². The Morgan fingerprint density at radius 1 is 1.41 bits per heavy atom.